The van der Waals surface area contributed by atoms with Crippen LogP contribution in [0.4, 0.5) is 0 Å². The lowest BCUT2D eigenvalue weighted by Gasteiger charge is -2.34. The first-order chi connectivity index (χ1) is 28.6. The summed E-state index contributed by atoms with van der Waals surface area (Å²) >= 11 is 0. The molecular weight excluding hydrogens is 723 g/mol. The molecule has 0 N–H and O–H groups in total. The topological polar surface area (TPSA) is 57.1 Å². The molecule has 7 rings (SSSR count). The molecular formula is C54H59N3O2. The molecule has 59 heavy (non-hydrogen) atoms. The lowest BCUT2D eigenvalue weighted by Crippen LogP contribution is -2.30. The smallest absolute Gasteiger partial charge is 0.164 e. The van der Waals surface area contributed by atoms with Crippen molar-refractivity contribution in [1.29, 1.82) is 0 Å². The Morgan fingerprint density at radius 3 is 1.41 bits per heavy atom. The lowest BCUT2D eigenvalue weighted by molar-refractivity contribution is 0.0802. The number of benzene rings is 6. The van der Waals surface area contributed by atoms with Gasteiger partial charge >= 0.3 is 0 Å². The second kappa shape index (κ2) is 17.6. The molecule has 0 saturated heterocycles. The summed E-state index contributed by atoms with van der Waals surface area (Å²) < 4.78 is 12.8. The van der Waals surface area contributed by atoms with Gasteiger partial charge in [-0.2, -0.15) is 0 Å². The van der Waals surface area contributed by atoms with Gasteiger partial charge in [-0.25, -0.2) is 15.0 Å². The van der Waals surface area contributed by atoms with Crippen molar-refractivity contribution in [2.24, 2.45) is 0 Å². The van der Waals surface area contributed by atoms with E-state index < -0.39 is 0 Å². The molecule has 6 aromatic carbocycles. The second-order valence-corrected chi connectivity index (χ2v) is 16.4. The maximum atomic E-state index is 6.41. The molecule has 7 aromatic rings. The summed E-state index contributed by atoms with van der Waals surface area (Å²) in [6, 6.07) is 48.8. The maximum Gasteiger partial charge on any atom is 0.164 e. The Morgan fingerprint density at radius 1 is 0.424 bits per heavy atom. The molecule has 0 aliphatic rings. The number of fused-ring (bicyclic) bond motifs is 1. The van der Waals surface area contributed by atoms with Gasteiger partial charge in [0.1, 0.15) is 22.8 Å². The van der Waals surface area contributed by atoms with Crippen LogP contribution in [0.25, 0.3) is 44.9 Å². The largest absolute Gasteiger partial charge is 0.488 e. The van der Waals surface area contributed by atoms with Gasteiger partial charge in [-0.3, -0.25) is 0 Å². The van der Waals surface area contributed by atoms with E-state index in [1.54, 1.807) is 0 Å². The van der Waals surface area contributed by atoms with E-state index in [0.717, 1.165) is 83.2 Å². The van der Waals surface area contributed by atoms with Crippen molar-refractivity contribution in [1.82, 2.24) is 15.0 Å². The van der Waals surface area contributed by atoms with Crippen LogP contribution >= 0.6 is 0 Å². The number of hydrogen-bond acceptors (Lipinski definition) is 5. The van der Waals surface area contributed by atoms with Crippen LogP contribution in [0.1, 0.15) is 111 Å². The first-order valence-electron chi connectivity index (χ1n) is 21.6. The third-order valence-electron chi connectivity index (χ3n) is 13.3. The monoisotopic (exact) mass is 781 g/mol. The lowest BCUT2D eigenvalue weighted by atomic mass is 9.70. The molecule has 0 unspecified atom stereocenters. The number of ether oxygens (including phenoxy) is 2. The molecule has 0 amide bonds. The zero-order valence-corrected chi connectivity index (χ0v) is 36.2. The average molecular weight is 782 g/mol. The molecule has 1 aromatic heterocycles. The second-order valence-electron chi connectivity index (χ2n) is 16.4. The number of hydrogen-bond donors (Lipinski definition) is 0. The van der Waals surface area contributed by atoms with Gasteiger partial charge in [-0.15, -0.1) is 0 Å². The number of nitrogens with zero attached hydrogens (tertiary/aromatic N) is 3. The molecule has 0 aliphatic carbocycles. The van der Waals surface area contributed by atoms with Crippen molar-refractivity contribution >= 4 is 10.8 Å². The molecule has 0 aliphatic heterocycles. The quantitative estimate of drug-likeness (QED) is 0.0977. The first-order valence-corrected chi connectivity index (χ1v) is 21.6. The van der Waals surface area contributed by atoms with Gasteiger partial charge in [0.15, 0.2) is 17.5 Å². The van der Waals surface area contributed by atoms with Crippen molar-refractivity contribution in [3.05, 3.63) is 156 Å². The van der Waals surface area contributed by atoms with Crippen LogP contribution in [0, 0.1) is 0 Å². The minimum atomic E-state index is -0.152. The van der Waals surface area contributed by atoms with E-state index >= 15 is 0 Å². The molecule has 5 heteroatoms. The minimum absolute atomic E-state index is 0.112. The Morgan fingerprint density at radius 2 is 0.881 bits per heavy atom. The summed E-state index contributed by atoms with van der Waals surface area (Å²) in [6.45, 7) is 18.0. The van der Waals surface area contributed by atoms with Crippen LogP contribution in [0.5, 0.6) is 17.2 Å². The van der Waals surface area contributed by atoms with E-state index in [0.29, 0.717) is 17.5 Å². The summed E-state index contributed by atoms with van der Waals surface area (Å²) in [4.78, 5) is 15.2. The van der Waals surface area contributed by atoms with Crippen molar-refractivity contribution in [3.8, 4) is 51.4 Å². The summed E-state index contributed by atoms with van der Waals surface area (Å²) in [5, 5.41) is 2.25. The zero-order chi connectivity index (χ0) is 41.6. The fourth-order valence-corrected chi connectivity index (χ4v) is 8.26. The Bertz CT molecular complexity index is 2450. The predicted octanol–water partition coefficient (Wildman–Crippen LogP) is 15.0. The third-order valence-corrected chi connectivity index (χ3v) is 13.3. The van der Waals surface area contributed by atoms with Crippen LogP contribution < -0.4 is 9.47 Å². The molecule has 1 heterocycles. The van der Waals surface area contributed by atoms with Crippen molar-refractivity contribution < 1.29 is 9.47 Å². The van der Waals surface area contributed by atoms with E-state index in [2.05, 4.69) is 171 Å². The van der Waals surface area contributed by atoms with E-state index in [4.69, 9.17) is 24.4 Å². The van der Waals surface area contributed by atoms with E-state index in [1.807, 2.05) is 24.3 Å². The fourth-order valence-electron chi connectivity index (χ4n) is 8.26. The highest BCUT2D eigenvalue weighted by atomic mass is 16.5. The van der Waals surface area contributed by atoms with Gasteiger partial charge in [0.05, 0.1) is 0 Å². The third kappa shape index (κ3) is 8.52. The molecule has 0 radical (unpaired) electrons. The summed E-state index contributed by atoms with van der Waals surface area (Å²) in [5.41, 5.74) is 6.60. The average Bonchev–Trinajstić information content (AvgIpc) is 3.30. The highest BCUT2D eigenvalue weighted by Gasteiger charge is 2.31. The zero-order valence-electron chi connectivity index (χ0n) is 36.2. The molecule has 302 valence electrons. The maximum absolute atomic E-state index is 6.41. The Labute approximate surface area is 351 Å². The summed E-state index contributed by atoms with van der Waals surface area (Å²) in [5.74, 6) is 4.37. The van der Waals surface area contributed by atoms with E-state index in [1.165, 1.54) is 16.7 Å². The highest BCUT2D eigenvalue weighted by Crippen LogP contribution is 2.41. The molecule has 0 saturated carbocycles. The summed E-state index contributed by atoms with van der Waals surface area (Å²) in [7, 11) is 0. The van der Waals surface area contributed by atoms with E-state index in [9.17, 15) is 0 Å². The normalized spacial score (nSPS) is 12.1. The van der Waals surface area contributed by atoms with Crippen molar-refractivity contribution in [3.63, 3.8) is 0 Å². The van der Waals surface area contributed by atoms with Gasteiger partial charge in [0.2, 0.25) is 0 Å². The van der Waals surface area contributed by atoms with Crippen molar-refractivity contribution in [2.45, 2.75) is 110 Å². The number of aromatic nitrogens is 3. The van der Waals surface area contributed by atoms with Crippen LogP contribution in [-0.4, -0.2) is 20.6 Å². The molecule has 0 spiro atoms. The van der Waals surface area contributed by atoms with Crippen LogP contribution in [0.3, 0.4) is 0 Å². The van der Waals surface area contributed by atoms with Gasteiger partial charge in [0.25, 0.3) is 0 Å². The Balaban J connectivity index is 1.15. The molecule has 5 nitrogen and oxygen atoms in total. The minimum Gasteiger partial charge on any atom is -0.488 e. The predicted molar refractivity (Wildman–Crippen MR) is 246 cm³/mol. The van der Waals surface area contributed by atoms with Gasteiger partial charge in [-0.05, 0) is 127 Å². The van der Waals surface area contributed by atoms with Crippen LogP contribution in [-0.2, 0) is 10.8 Å². The van der Waals surface area contributed by atoms with Gasteiger partial charge < -0.3 is 9.47 Å². The first kappa shape index (κ1) is 41.4. The number of rotatable bonds is 16. The standard InChI is InChI=1S/C54H59N3O2/c1-9-52(7,10-2)41-26-22-39(23-27-41)49-55-50(57-51(56-49)48-21-17-19-38-18-15-16-20-47(38)48)40-24-32-44(33-25-40)58-45-34-28-42(29-35-45)54(13-5,14-6)43-30-36-46(37-31-43)59-53(8,11-3)12-4/h15-37H,9-14H2,1-8H3. The Hall–Kier alpha value is -5.81. The SMILES string of the molecule is CCC(C)(CC)Oc1ccc(C(CC)(CC)c2ccc(Oc3ccc(-c4nc(-c5ccc(C(C)(CC)CC)cc5)nc(-c5cccc6ccccc56)n4)cc3)cc2)cc1. The fraction of sp³-hybridized carbons (Fsp3) is 0.315. The Kier molecular flexibility index (Phi) is 12.3. The van der Waals surface area contributed by atoms with E-state index in [-0.39, 0.29) is 16.4 Å². The van der Waals surface area contributed by atoms with Gasteiger partial charge in [-0.1, -0.05) is 139 Å². The summed E-state index contributed by atoms with van der Waals surface area (Å²) in [6.07, 6.45) is 6.07. The molecule has 0 bridgehead atoms. The van der Waals surface area contributed by atoms with Crippen LogP contribution in [0.15, 0.2) is 140 Å². The van der Waals surface area contributed by atoms with Crippen LogP contribution in [0.2, 0.25) is 0 Å². The highest BCUT2D eigenvalue weighted by molar-refractivity contribution is 5.95. The van der Waals surface area contributed by atoms with Crippen molar-refractivity contribution in [2.75, 3.05) is 0 Å². The van der Waals surface area contributed by atoms with Gasteiger partial charge in [0, 0.05) is 22.1 Å². The molecule has 0 atom stereocenters. The molecule has 0 fully saturated rings.